The zero-order valence-electron chi connectivity index (χ0n) is 33.9. The van der Waals surface area contributed by atoms with E-state index < -0.39 is 0 Å². The number of hydrogen-bond donors (Lipinski definition) is 0. The van der Waals surface area contributed by atoms with E-state index in [1.165, 1.54) is 38.1 Å². The van der Waals surface area contributed by atoms with E-state index in [2.05, 4.69) is 179 Å². The molecule has 0 aliphatic carbocycles. The van der Waals surface area contributed by atoms with E-state index in [1.807, 2.05) is 42.5 Å². The first-order chi connectivity index (χ1) is 31.2. The van der Waals surface area contributed by atoms with Crippen LogP contribution in [0, 0.1) is 0 Å². The van der Waals surface area contributed by atoms with Gasteiger partial charge in [-0.25, -0.2) is 15.0 Å². The van der Waals surface area contributed by atoms with Crippen molar-refractivity contribution < 1.29 is 4.42 Å². The van der Waals surface area contributed by atoms with Crippen LogP contribution in [0.25, 0.3) is 122 Å². The van der Waals surface area contributed by atoms with Gasteiger partial charge in [-0.15, -0.1) is 0 Å². The van der Waals surface area contributed by atoms with Crippen LogP contribution >= 0.6 is 0 Å². The second-order valence-corrected chi connectivity index (χ2v) is 16.0. The molecule has 0 atom stereocenters. The zero-order chi connectivity index (χ0) is 41.4. The quantitative estimate of drug-likeness (QED) is 0.168. The summed E-state index contributed by atoms with van der Waals surface area (Å²) in [7, 11) is 0. The van der Waals surface area contributed by atoms with Gasteiger partial charge in [0.05, 0.1) is 22.1 Å². The van der Waals surface area contributed by atoms with Gasteiger partial charge in [0.25, 0.3) is 0 Å². The van der Waals surface area contributed by atoms with E-state index in [4.69, 9.17) is 19.4 Å². The Bertz CT molecular complexity index is 3890. The minimum atomic E-state index is 0.577. The first kappa shape index (κ1) is 35.2. The molecule has 63 heavy (non-hydrogen) atoms. The van der Waals surface area contributed by atoms with Crippen molar-refractivity contribution in [3.05, 3.63) is 212 Å². The van der Waals surface area contributed by atoms with Gasteiger partial charge in [-0.1, -0.05) is 140 Å². The maximum atomic E-state index is 6.52. The number of hydrogen-bond acceptors (Lipinski definition) is 4. The van der Waals surface area contributed by atoms with Crippen molar-refractivity contribution in [1.29, 1.82) is 0 Å². The number of benzene rings is 9. The Balaban J connectivity index is 0.971. The van der Waals surface area contributed by atoms with Crippen molar-refractivity contribution in [1.82, 2.24) is 24.1 Å². The van der Waals surface area contributed by atoms with Gasteiger partial charge in [0.15, 0.2) is 17.5 Å². The van der Waals surface area contributed by atoms with Gasteiger partial charge >= 0.3 is 0 Å². The minimum Gasteiger partial charge on any atom is -0.456 e. The first-order valence-corrected chi connectivity index (χ1v) is 21.2. The lowest BCUT2D eigenvalue weighted by Crippen LogP contribution is -2.00. The van der Waals surface area contributed by atoms with Gasteiger partial charge in [0, 0.05) is 60.4 Å². The van der Waals surface area contributed by atoms with Crippen LogP contribution in [0.1, 0.15) is 0 Å². The molecule has 4 aromatic heterocycles. The number of rotatable bonds is 6. The fraction of sp³-hybridized carbons (Fsp3) is 0. The third-order valence-corrected chi connectivity index (χ3v) is 12.4. The first-order valence-electron chi connectivity index (χ1n) is 21.2. The summed E-state index contributed by atoms with van der Waals surface area (Å²) in [4.78, 5) is 15.3. The van der Waals surface area contributed by atoms with Crippen molar-refractivity contribution in [2.45, 2.75) is 0 Å². The van der Waals surface area contributed by atoms with Gasteiger partial charge in [-0.05, 0) is 83.9 Å². The molecular formula is C57H35N5O. The predicted molar refractivity (Wildman–Crippen MR) is 258 cm³/mol. The molecule has 294 valence electrons. The van der Waals surface area contributed by atoms with E-state index in [9.17, 15) is 0 Å². The molecule has 6 heteroatoms. The van der Waals surface area contributed by atoms with Gasteiger partial charge < -0.3 is 13.6 Å². The Morgan fingerprint density at radius 2 is 0.873 bits per heavy atom. The molecule has 0 saturated carbocycles. The fourth-order valence-electron chi connectivity index (χ4n) is 9.57. The summed E-state index contributed by atoms with van der Waals surface area (Å²) in [6, 6.07) is 74.3. The number of para-hydroxylation sites is 3. The number of aromatic nitrogens is 5. The van der Waals surface area contributed by atoms with Crippen LogP contribution in [0.15, 0.2) is 217 Å². The van der Waals surface area contributed by atoms with Crippen LogP contribution in [0.3, 0.4) is 0 Å². The van der Waals surface area contributed by atoms with Crippen LogP contribution in [0.5, 0.6) is 0 Å². The number of furan rings is 1. The van der Waals surface area contributed by atoms with Crippen LogP contribution in [-0.2, 0) is 0 Å². The second-order valence-electron chi connectivity index (χ2n) is 16.0. The Kier molecular flexibility index (Phi) is 7.80. The summed E-state index contributed by atoms with van der Waals surface area (Å²) in [6.45, 7) is 0. The third-order valence-electron chi connectivity index (χ3n) is 12.4. The van der Waals surface area contributed by atoms with Crippen molar-refractivity contribution in [2.24, 2.45) is 0 Å². The van der Waals surface area contributed by atoms with Crippen molar-refractivity contribution in [2.75, 3.05) is 0 Å². The maximum absolute atomic E-state index is 6.52. The molecule has 4 heterocycles. The summed E-state index contributed by atoms with van der Waals surface area (Å²) in [6.07, 6.45) is 0. The maximum Gasteiger partial charge on any atom is 0.164 e. The zero-order valence-corrected chi connectivity index (χ0v) is 33.9. The van der Waals surface area contributed by atoms with E-state index >= 15 is 0 Å². The topological polar surface area (TPSA) is 61.7 Å². The second kappa shape index (κ2) is 14.0. The Morgan fingerprint density at radius 3 is 1.60 bits per heavy atom. The Labute approximate surface area is 361 Å². The summed E-state index contributed by atoms with van der Waals surface area (Å²) >= 11 is 0. The monoisotopic (exact) mass is 805 g/mol. The molecule has 13 aromatic rings. The van der Waals surface area contributed by atoms with Crippen LogP contribution in [0.2, 0.25) is 0 Å². The normalized spacial score (nSPS) is 11.8. The lowest BCUT2D eigenvalue weighted by molar-refractivity contribution is 0.669. The highest BCUT2D eigenvalue weighted by Crippen LogP contribution is 2.43. The summed E-state index contributed by atoms with van der Waals surface area (Å²) in [5.74, 6) is 1.78. The smallest absolute Gasteiger partial charge is 0.164 e. The van der Waals surface area contributed by atoms with Gasteiger partial charge in [0.2, 0.25) is 0 Å². The third kappa shape index (κ3) is 5.55. The highest BCUT2D eigenvalue weighted by molar-refractivity contribution is 6.26. The standard InChI is InChI=1S/C57H35N5O/c1-4-15-36(16-5-1)42-23-14-26-50-52(42)46-32-29-39(35-51(46)63-50)57-59-55(37-17-6-2-7-18-37)58-56(60-57)38-27-30-41(31-28-38)62-47-24-12-10-21-43(47)44-33-34-49-53(54(44)62)45-22-11-13-25-48(45)61(49)40-19-8-3-9-20-40/h1-35H. The molecular weight excluding hydrogens is 771 g/mol. The molecule has 13 rings (SSSR count). The van der Waals surface area contributed by atoms with Gasteiger partial charge in [-0.3, -0.25) is 0 Å². The molecule has 0 radical (unpaired) electrons. The van der Waals surface area contributed by atoms with Crippen LogP contribution in [-0.4, -0.2) is 24.1 Å². The Hall–Kier alpha value is -8.61. The van der Waals surface area contributed by atoms with E-state index in [0.717, 1.165) is 66.6 Å². The lowest BCUT2D eigenvalue weighted by atomic mass is 9.99. The van der Waals surface area contributed by atoms with E-state index in [0.29, 0.717) is 17.5 Å². The summed E-state index contributed by atoms with van der Waals surface area (Å²) in [5, 5.41) is 7.00. The SMILES string of the molecule is c1ccc(-c2nc(-c3ccc(-n4c5ccccc5c5ccc6c(c7ccccc7n6-c6ccccc6)c54)cc3)nc(-c3ccc4c(c3)oc3cccc(-c5ccccc5)c34)n2)cc1. The molecule has 0 spiro atoms. The molecule has 0 N–H and O–H groups in total. The average Bonchev–Trinajstić information content (AvgIpc) is 4.02. The van der Waals surface area contributed by atoms with Crippen LogP contribution in [0.4, 0.5) is 0 Å². The highest BCUT2D eigenvalue weighted by Gasteiger charge is 2.22. The van der Waals surface area contributed by atoms with Gasteiger partial charge in [0.1, 0.15) is 11.2 Å². The van der Waals surface area contributed by atoms with Crippen molar-refractivity contribution in [3.63, 3.8) is 0 Å². The van der Waals surface area contributed by atoms with Crippen LogP contribution < -0.4 is 0 Å². The molecule has 0 aliphatic heterocycles. The van der Waals surface area contributed by atoms with Crippen molar-refractivity contribution in [3.8, 4) is 56.7 Å². The largest absolute Gasteiger partial charge is 0.456 e. The molecule has 0 unspecified atom stereocenters. The molecule has 0 aliphatic rings. The summed E-state index contributed by atoms with van der Waals surface area (Å²) in [5.41, 5.74) is 13.4. The molecule has 0 fully saturated rings. The highest BCUT2D eigenvalue weighted by atomic mass is 16.3. The van der Waals surface area contributed by atoms with E-state index in [-0.39, 0.29) is 0 Å². The predicted octanol–water partition coefficient (Wildman–Crippen LogP) is 14.6. The van der Waals surface area contributed by atoms with Crippen molar-refractivity contribution >= 4 is 65.6 Å². The minimum absolute atomic E-state index is 0.577. The van der Waals surface area contributed by atoms with E-state index in [1.54, 1.807) is 0 Å². The Morgan fingerprint density at radius 1 is 0.317 bits per heavy atom. The molecule has 0 amide bonds. The molecule has 0 bridgehead atoms. The number of nitrogens with zero attached hydrogens (tertiary/aromatic N) is 5. The summed E-state index contributed by atoms with van der Waals surface area (Å²) < 4.78 is 11.3. The van der Waals surface area contributed by atoms with Gasteiger partial charge in [-0.2, -0.15) is 0 Å². The fourth-order valence-corrected chi connectivity index (χ4v) is 9.57. The molecule has 6 nitrogen and oxygen atoms in total. The average molecular weight is 806 g/mol. The molecule has 9 aromatic carbocycles. The molecule has 0 saturated heterocycles. The number of fused-ring (bicyclic) bond motifs is 10. The lowest BCUT2D eigenvalue weighted by Gasteiger charge is -2.12.